The largest absolute Gasteiger partial charge is 0.494 e. The highest BCUT2D eigenvalue weighted by molar-refractivity contribution is 6.89. The highest BCUT2D eigenvalue weighted by Crippen LogP contribution is 2.19. The van der Waals surface area contributed by atoms with Gasteiger partial charge >= 0.3 is 0 Å². The van der Waals surface area contributed by atoms with E-state index < -0.39 is 13.6 Å². The van der Waals surface area contributed by atoms with Gasteiger partial charge in [0.2, 0.25) is 5.91 Å². The molecule has 0 spiro atoms. The van der Waals surface area contributed by atoms with Gasteiger partial charge in [-0.3, -0.25) is 4.79 Å². The van der Waals surface area contributed by atoms with E-state index in [-0.39, 0.29) is 19.1 Å². The lowest BCUT2D eigenvalue weighted by atomic mass is 9.92. The number of aliphatic hydroxyl groups excluding tert-OH is 2. The van der Waals surface area contributed by atoms with Crippen molar-refractivity contribution in [3.63, 3.8) is 0 Å². The van der Waals surface area contributed by atoms with Crippen LogP contribution in [0.4, 0.5) is 0 Å². The standard InChI is InChI=1S/C25H37NO4Si/c1-21(29)26-25(19-27,20-28)16-15-22-11-13-23(14-12-22)30-17-7-8-18-31(2,3)24-9-5-4-6-10-24/h4-6,9-14,27-28H,7-8,15-20H2,1-3H3,(H,26,29). The van der Waals surface area contributed by atoms with Gasteiger partial charge in [0, 0.05) is 6.92 Å². The Kier molecular flexibility index (Phi) is 9.74. The topological polar surface area (TPSA) is 78.8 Å². The minimum atomic E-state index is -1.38. The Labute approximate surface area is 187 Å². The third-order valence-corrected chi connectivity index (χ3v) is 9.38. The molecule has 5 nitrogen and oxygen atoms in total. The first-order valence-electron chi connectivity index (χ1n) is 11.1. The summed E-state index contributed by atoms with van der Waals surface area (Å²) in [5.74, 6) is 0.586. The van der Waals surface area contributed by atoms with Crippen LogP contribution in [0.1, 0.15) is 31.7 Å². The summed E-state index contributed by atoms with van der Waals surface area (Å²) >= 11 is 0. The fourth-order valence-electron chi connectivity index (χ4n) is 3.75. The van der Waals surface area contributed by atoms with Crippen LogP contribution in [0.2, 0.25) is 19.1 Å². The maximum absolute atomic E-state index is 11.4. The molecule has 0 heterocycles. The van der Waals surface area contributed by atoms with Gasteiger partial charge in [0.05, 0.1) is 33.4 Å². The molecule has 0 radical (unpaired) electrons. The molecule has 0 aromatic heterocycles. The van der Waals surface area contributed by atoms with Gasteiger partial charge in [-0.2, -0.15) is 0 Å². The maximum atomic E-state index is 11.4. The minimum absolute atomic E-state index is 0.262. The molecule has 0 aliphatic rings. The van der Waals surface area contributed by atoms with Crippen molar-refractivity contribution in [3.05, 3.63) is 60.2 Å². The average molecular weight is 444 g/mol. The molecule has 6 heteroatoms. The second-order valence-corrected chi connectivity index (χ2v) is 13.8. The number of ether oxygens (including phenoxy) is 1. The molecule has 3 N–H and O–H groups in total. The number of unbranched alkanes of at least 4 members (excludes halogenated alkanes) is 1. The summed E-state index contributed by atoms with van der Waals surface area (Å²) in [6.07, 6.45) is 3.30. The molecule has 1 amide bonds. The van der Waals surface area contributed by atoms with Crippen molar-refractivity contribution < 1.29 is 19.7 Å². The third kappa shape index (κ3) is 8.13. The number of aryl methyl sites for hydroxylation is 1. The van der Waals surface area contributed by atoms with Crippen molar-refractivity contribution in [2.75, 3.05) is 19.8 Å². The van der Waals surface area contributed by atoms with Crippen LogP contribution in [0.5, 0.6) is 5.75 Å². The average Bonchev–Trinajstić information content (AvgIpc) is 2.77. The number of nitrogens with one attached hydrogen (secondary N) is 1. The van der Waals surface area contributed by atoms with Gasteiger partial charge in [0.1, 0.15) is 5.75 Å². The van der Waals surface area contributed by atoms with Gasteiger partial charge in [-0.1, -0.05) is 73.2 Å². The molecule has 0 unspecified atom stereocenters. The monoisotopic (exact) mass is 443 g/mol. The second-order valence-electron chi connectivity index (χ2n) is 8.98. The van der Waals surface area contributed by atoms with Gasteiger partial charge in [0.25, 0.3) is 0 Å². The zero-order valence-corrected chi connectivity index (χ0v) is 20.1. The van der Waals surface area contributed by atoms with Gasteiger partial charge in [-0.15, -0.1) is 0 Å². The van der Waals surface area contributed by atoms with Crippen molar-refractivity contribution in [2.45, 2.75) is 57.3 Å². The smallest absolute Gasteiger partial charge is 0.217 e. The molecule has 0 saturated carbocycles. The lowest BCUT2D eigenvalue weighted by molar-refractivity contribution is -0.122. The van der Waals surface area contributed by atoms with E-state index in [4.69, 9.17) is 4.74 Å². The summed E-state index contributed by atoms with van der Waals surface area (Å²) in [4.78, 5) is 11.4. The van der Waals surface area contributed by atoms with Crippen LogP contribution in [-0.4, -0.2) is 49.6 Å². The molecule has 0 aliphatic heterocycles. The molecule has 2 aromatic rings. The summed E-state index contributed by atoms with van der Waals surface area (Å²) in [6.45, 7) is 6.35. The van der Waals surface area contributed by atoms with E-state index in [9.17, 15) is 15.0 Å². The number of hydrogen-bond acceptors (Lipinski definition) is 4. The van der Waals surface area contributed by atoms with Gasteiger partial charge in [-0.05, 0) is 37.0 Å². The van der Waals surface area contributed by atoms with Crippen LogP contribution in [0.15, 0.2) is 54.6 Å². The maximum Gasteiger partial charge on any atom is 0.217 e. The molecule has 0 bridgehead atoms. The van der Waals surface area contributed by atoms with Gasteiger partial charge in [-0.25, -0.2) is 0 Å². The first-order valence-corrected chi connectivity index (χ1v) is 14.3. The fourth-order valence-corrected chi connectivity index (χ4v) is 6.27. The van der Waals surface area contributed by atoms with Crippen LogP contribution in [0.3, 0.4) is 0 Å². The molecular weight excluding hydrogens is 406 g/mol. The third-order valence-electron chi connectivity index (χ3n) is 5.88. The van der Waals surface area contributed by atoms with Gasteiger partial charge < -0.3 is 20.3 Å². The van der Waals surface area contributed by atoms with E-state index in [1.54, 1.807) is 0 Å². The van der Waals surface area contributed by atoms with Gasteiger partial charge in [0.15, 0.2) is 0 Å². The van der Waals surface area contributed by atoms with Crippen molar-refractivity contribution in [1.82, 2.24) is 5.32 Å². The number of benzene rings is 2. The van der Waals surface area contributed by atoms with E-state index in [0.29, 0.717) is 19.4 Å². The summed E-state index contributed by atoms with van der Waals surface area (Å²) in [7, 11) is -1.38. The lowest BCUT2D eigenvalue weighted by Crippen LogP contribution is -2.53. The SMILES string of the molecule is CC(=O)NC(CO)(CO)CCc1ccc(OCCCC[Si](C)(C)c2ccccc2)cc1. The van der Waals surface area contributed by atoms with E-state index >= 15 is 0 Å². The van der Waals surface area contributed by atoms with Crippen molar-refractivity contribution in [2.24, 2.45) is 0 Å². The molecule has 2 rings (SSSR count). The molecule has 0 saturated heterocycles. The highest BCUT2D eigenvalue weighted by atomic mass is 28.3. The number of carbonyl (C=O) groups excluding carboxylic acids is 1. The number of amides is 1. The van der Waals surface area contributed by atoms with Crippen LogP contribution >= 0.6 is 0 Å². The van der Waals surface area contributed by atoms with Crippen LogP contribution in [0.25, 0.3) is 0 Å². The summed E-state index contributed by atoms with van der Waals surface area (Å²) < 4.78 is 5.90. The van der Waals surface area contributed by atoms with Crippen molar-refractivity contribution in [1.29, 1.82) is 0 Å². The van der Waals surface area contributed by atoms with E-state index in [2.05, 4.69) is 48.7 Å². The number of hydrogen-bond donors (Lipinski definition) is 3. The molecule has 31 heavy (non-hydrogen) atoms. The fraction of sp³-hybridized carbons (Fsp3) is 0.480. The molecular formula is C25H37NO4Si. The zero-order chi connectivity index (χ0) is 22.7. The second kappa shape index (κ2) is 12.0. The highest BCUT2D eigenvalue weighted by Gasteiger charge is 2.29. The Balaban J connectivity index is 1.74. The Bertz CT molecular complexity index is 789. The van der Waals surface area contributed by atoms with Crippen LogP contribution < -0.4 is 15.2 Å². The quantitative estimate of drug-likeness (QED) is 0.328. The van der Waals surface area contributed by atoms with E-state index in [1.807, 2.05) is 24.3 Å². The molecule has 170 valence electrons. The summed E-state index contributed by atoms with van der Waals surface area (Å²) in [5.41, 5.74) is 0.0808. The number of rotatable bonds is 13. The normalized spacial score (nSPS) is 11.9. The van der Waals surface area contributed by atoms with E-state index in [0.717, 1.165) is 17.7 Å². The predicted octanol–water partition coefficient (Wildman–Crippen LogP) is 3.25. The Morgan fingerprint density at radius 2 is 1.65 bits per heavy atom. The molecule has 0 aliphatic carbocycles. The van der Waals surface area contributed by atoms with E-state index in [1.165, 1.54) is 24.6 Å². The predicted molar refractivity (Wildman–Crippen MR) is 129 cm³/mol. The van der Waals surface area contributed by atoms with Crippen LogP contribution in [0, 0.1) is 0 Å². The lowest BCUT2D eigenvalue weighted by Gasteiger charge is -2.30. The molecule has 0 atom stereocenters. The van der Waals surface area contributed by atoms with Crippen LogP contribution in [-0.2, 0) is 11.2 Å². The van der Waals surface area contributed by atoms with Crippen molar-refractivity contribution in [3.8, 4) is 5.75 Å². The molecule has 2 aromatic carbocycles. The number of carbonyl (C=O) groups is 1. The Hall–Kier alpha value is -2.15. The summed E-state index contributed by atoms with van der Waals surface area (Å²) in [6, 6.07) is 20.0. The summed E-state index contributed by atoms with van der Waals surface area (Å²) in [5, 5.41) is 23.4. The number of aliphatic hydroxyl groups is 2. The first-order chi connectivity index (χ1) is 14.8. The molecule has 0 fully saturated rings. The Morgan fingerprint density at radius 3 is 2.23 bits per heavy atom. The Morgan fingerprint density at radius 1 is 1.00 bits per heavy atom. The van der Waals surface area contributed by atoms with Crippen molar-refractivity contribution >= 4 is 19.2 Å². The zero-order valence-electron chi connectivity index (χ0n) is 19.1. The minimum Gasteiger partial charge on any atom is -0.494 e. The first kappa shape index (κ1) is 25.1.